The van der Waals surface area contributed by atoms with E-state index in [0.29, 0.717) is 6.07 Å². The highest BCUT2D eigenvalue weighted by Crippen LogP contribution is 2.24. The van der Waals surface area contributed by atoms with Crippen LogP contribution in [0.5, 0.6) is 0 Å². The number of hydrogen-bond donors (Lipinski definition) is 1. The molecule has 0 atom stereocenters. The van der Waals surface area contributed by atoms with Gasteiger partial charge in [0.2, 0.25) is 0 Å². The second kappa shape index (κ2) is 4.35. The van der Waals surface area contributed by atoms with Crippen molar-refractivity contribution in [3.05, 3.63) is 39.2 Å². The van der Waals surface area contributed by atoms with Gasteiger partial charge >= 0.3 is 5.97 Å². The minimum Gasteiger partial charge on any atom is -0.477 e. The Labute approximate surface area is 91.8 Å². The Balaban J connectivity index is 3.45. The molecule has 0 radical (unpaired) electrons. The fraction of sp³-hybridized carbons (Fsp3) is 0.125. The molecule has 0 aliphatic carbocycles. The zero-order valence-electron chi connectivity index (χ0n) is 7.24. The molecule has 1 aromatic rings. The molecule has 0 spiro atoms. The summed E-state index contributed by atoms with van der Waals surface area (Å²) in [6.45, 7) is 0. The lowest BCUT2D eigenvalue weighted by atomic mass is 10.1. The van der Waals surface area contributed by atoms with Gasteiger partial charge in [0.05, 0.1) is 4.92 Å². The van der Waals surface area contributed by atoms with Crippen molar-refractivity contribution in [2.24, 2.45) is 0 Å². The molecule has 0 aromatic heterocycles. The number of carbonyl (C=O) groups is 1. The van der Waals surface area contributed by atoms with Crippen LogP contribution in [0.15, 0.2) is 12.1 Å². The topological polar surface area (TPSA) is 80.4 Å². The zero-order chi connectivity index (χ0) is 11.6. The van der Waals surface area contributed by atoms with Crippen LogP contribution in [0.4, 0.5) is 10.1 Å². The summed E-state index contributed by atoms with van der Waals surface area (Å²) in [7, 11) is 0. The van der Waals surface area contributed by atoms with Crippen LogP contribution in [0.3, 0.4) is 0 Å². The van der Waals surface area contributed by atoms with Gasteiger partial charge in [0, 0.05) is 17.0 Å². The molecule has 0 bridgehead atoms. The fourth-order valence-corrected chi connectivity index (χ4v) is 1.46. The molecular formula is C8H5BrFNO4. The SMILES string of the molecule is O=C(O)c1cc(F)c(CBr)cc1[N+](=O)[O-]. The summed E-state index contributed by atoms with van der Waals surface area (Å²) >= 11 is 2.94. The van der Waals surface area contributed by atoms with Gasteiger partial charge in [-0.2, -0.15) is 0 Å². The van der Waals surface area contributed by atoms with Crippen molar-refractivity contribution in [3.63, 3.8) is 0 Å². The molecular weight excluding hydrogens is 273 g/mol. The van der Waals surface area contributed by atoms with Gasteiger partial charge in [0.25, 0.3) is 5.69 Å². The largest absolute Gasteiger partial charge is 0.477 e. The molecule has 0 heterocycles. The average Bonchev–Trinajstić information content (AvgIpc) is 2.16. The van der Waals surface area contributed by atoms with Crippen LogP contribution in [0.25, 0.3) is 0 Å². The standard InChI is InChI=1S/C8H5BrFNO4/c9-3-4-1-7(11(14)15)5(8(12)13)2-6(4)10/h1-2H,3H2,(H,12,13). The molecule has 0 saturated heterocycles. The first-order valence-corrected chi connectivity index (χ1v) is 4.85. The van der Waals surface area contributed by atoms with E-state index in [-0.39, 0.29) is 10.9 Å². The molecule has 0 amide bonds. The molecule has 1 aromatic carbocycles. The predicted octanol–water partition coefficient (Wildman–Crippen LogP) is 2.33. The van der Waals surface area contributed by atoms with E-state index in [4.69, 9.17) is 5.11 Å². The van der Waals surface area contributed by atoms with Crippen LogP contribution >= 0.6 is 15.9 Å². The van der Waals surface area contributed by atoms with Gasteiger partial charge < -0.3 is 5.11 Å². The van der Waals surface area contributed by atoms with Gasteiger partial charge in [-0.25, -0.2) is 9.18 Å². The molecule has 0 fully saturated rings. The average molecular weight is 278 g/mol. The predicted molar refractivity (Wildman–Crippen MR) is 52.6 cm³/mol. The molecule has 1 N–H and O–H groups in total. The summed E-state index contributed by atoms with van der Waals surface area (Å²) in [5, 5.41) is 19.2. The maximum absolute atomic E-state index is 13.1. The fourth-order valence-electron chi connectivity index (χ4n) is 1.03. The van der Waals surface area contributed by atoms with Crippen LogP contribution in [0.1, 0.15) is 15.9 Å². The second-order valence-corrected chi connectivity index (χ2v) is 3.22. The van der Waals surface area contributed by atoms with Crippen molar-refractivity contribution < 1.29 is 19.2 Å². The first kappa shape index (κ1) is 11.6. The Morgan fingerprint density at radius 2 is 2.20 bits per heavy atom. The van der Waals surface area contributed by atoms with E-state index in [2.05, 4.69) is 15.9 Å². The molecule has 0 unspecified atom stereocenters. The van der Waals surface area contributed by atoms with Crippen molar-refractivity contribution in [1.82, 2.24) is 0 Å². The summed E-state index contributed by atoms with van der Waals surface area (Å²) in [5.74, 6) is -2.31. The van der Waals surface area contributed by atoms with Gasteiger partial charge in [0.15, 0.2) is 0 Å². The molecule has 0 aliphatic rings. The van der Waals surface area contributed by atoms with Crippen LogP contribution < -0.4 is 0 Å². The minimum absolute atomic E-state index is 0.0479. The Morgan fingerprint density at radius 3 is 2.60 bits per heavy atom. The van der Waals surface area contributed by atoms with Gasteiger partial charge in [-0.3, -0.25) is 10.1 Å². The first-order valence-electron chi connectivity index (χ1n) is 3.73. The number of nitrogens with zero attached hydrogens (tertiary/aromatic N) is 1. The highest BCUT2D eigenvalue weighted by Gasteiger charge is 2.22. The molecule has 0 saturated carbocycles. The maximum Gasteiger partial charge on any atom is 0.342 e. The van der Waals surface area contributed by atoms with Crippen molar-refractivity contribution in [2.75, 3.05) is 0 Å². The van der Waals surface area contributed by atoms with Crippen molar-refractivity contribution in [1.29, 1.82) is 0 Å². The van der Waals surface area contributed by atoms with Crippen LogP contribution in [-0.2, 0) is 5.33 Å². The molecule has 80 valence electrons. The minimum atomic E-state index is -1.53. The Hall–Kier alpha value is -1.50. The Morgan fingerprint density at radius 1 is 1.60 bits per heavy atom. The molecule has 15 heavy (non-hydrogen) atoms. The van der Waals surface area contributed by atoms with Crippen molar-refractivity contribution in [3.8, 4) is 0 Å². The van der Waals surface area contributed by atoms with E-state index >= 15 is 0 Å². The third kappa shape index (κ3) is 2.30. The smallest absolute Gasteiger partial charge is 0.342 e. The normalized spacial score (nSPS) is 10.0. The highest BCUT2D eigenvalue weighted by atomic mass is 79.9. The number of benzene rings is 1. The van der Waals surface area contributed by atoms with Gasteiger partial charge in [0.1, 0.15) is 11.4 Å². The molecule has 0 aliphatic heterocycles. The van der Waals surface area contributed by atoms with E-state index in [1.807, 2.05) is 0 Å². The van der Waals surface area contributed by atoms with Crippen LogP contribution in [0, 0.1) is 15.9 Å². The lowest BCUT2D eigenvalue weighted by molar-refractivity contribution is -0.385. The van der Waals surface area contributed by atoms with E-state index in [9.17, 15) is 19.3 Å². The first-order chi connectivity index (χ1) is 6.97. The number of rotatable bonds is 3. The Kier molecular flexibility index (Phi) is 3.35. The van der Waals surface area contributed by atoms with Crippen LogP contribution in [-0.4, -0.2) is 16.0 Å². The lowest BCUT2D eigenvalue weighted by Gasteiger charge is -2.02. The maximum atomic E-state index is 13.1. The number of nitro groups is 1. The highest BCUT2D eigenvalue weighted by molar-refractivity contribution is 9.08. The quantitative estimate of drug-likeness (QED) is 0.522. The van der Waals surface area contributed by atoms with Gasteiger partial charge in [-0.05, 0) is 6.07 Å². The molecule has 5 nitrogen and oxygen atoms in total. The van der Waals surface area contributed by atoms with E-state index in [1.165, 1.54) is 0 Å². The third-order valence-corrected chi connectivity index (χ3v) is 2.34. The number of hydrogen-bond acceptors (Lipinski definition) is 3. The van der Waals surface area contributed by atoms with E-state index in [0.717, 1.165) is 6.07 Å². The number of carboxylic acids is 1. The lowest BCUT2D eigenvalue weighted by Crippen LogP contribution is -2.05. The summed E-state index contributed by atoms with van der Waals surface area (Å²) in [5.41, 5.74) is -1.22. The van der Waals surface area contributed by atoms with Gasteiger partial charge in [-0.1, -0.05) is 15.9 Å². The Bertz CT molecular complexity index is 435. The number of aromatic carboxylic acids is 1. The van der Waals surface area contributed by atoms with E-state index in [1.54, 1.807) is 0 Å². The third-order valence-electron chi connectivity index (χ3n) is 1.74. The number of nitro benzene ring substituents is 1. The molecule has 1 rings (SSSR count). The molecule has 7 heteroatoms. The van der Waals surface area contributed by atoms with Crippen LogP contribution in [0.2, 0.25) is 0 Å². The summed E-state index contributed by atoms with van der Waals surface area (Å²) in [6, 6.07) is 1.56. The summed E-state index contributed by atoms with van der Waals surface area (Å²) in [6.07, 6.45) is 0. The number of carboxylic acid groups (broad SMARTS) is 1. The van der Waals surface area contributed by atoms with Crippen molar-refractivity contribution in [2.45, 2.75) is 5.33 Å². The summed E-state index contributed by atoms with van der Waals surface area (Å²) in [4.78, 5) is 20.3. The number of halogens is 2. The monoisotopic (exact) mass is 277 g/mol. The zero-order valence-corrected chi connectivity index (χ0v) is 8.82. The number of alkyl halides is 1. The van der Waals surface area contributed by atoms with E-state index < -0.39 is 28.0 Å². The van der Waals surface area contributed by atoms with Gasteiger partial charge in [-0.15, -0.1) is 0 Å². The summed E-state index contributed by atoms with van der Waals surface area (Å²) < 4.78 is 13.1. The second-order valence-electron chi connectivity index (χ2n) is 2.66. The van der Waals surface area contributed by atoms with Crippen molar-refractivity contribution >= 4 is 27.6 Å².